The number of ether oxygens (including phenoxy) is 4. The molecule has 0 spiro atoms. The zero-order valence-corrected chi connectivity index (χ0v) is 21.5. The molecule has 1 aliphatic carbocycles. The largest absolute Gasteiger partial charge is 0.465 e. The molecule has 0 heterocycles. The highest BCUT2D eigenvalue weighted by Crippen LogP contribution is 2.52. The Balaban J connectivity index is 3.51. The molecule has 1 aliphatic rings. The lowest BCUT2D eigenvalue weighted by atomic mass is 9.60. The second kappa shape index (κ2) is 14.8. The highest BCUT2D eigenvalue weighted by Gasteiger charge is 2.62. The summed E-state index contributed by atoms with van der Waals surface area (Å²) < 4.78 is 21.1. The molecule has 0 N–H and O–H groups in total. The normalized spacial score (nSPS) is 17.6. The molecule has 1 saturated carbocycles. The van der Waals surface area contributed by atoms with Crippen LogP contribution in [-0.4, -0.2) is 50.3 Å². The van der Waals surface area contributed by atoms with Crippen LogP contribution < -0.4 is 0 Å². The van der Waals surface area contributed by atoms with Crippen molar-refractivity contribution in [3.63, 3.8) is 0 Å². The summed E-state index contributed by atoms with van der Waals surface area (Å²) in [5.74, 6) is -2.84. The molecule has 0 amide bonds. The van der Waals surface area contributed by atoms with E-state index >= 15 is 0 Å². The van der Waals surface area contributed by atoms with Crippen LogP contribution in [0, 0.1) is 10.8 Å². The molecule has 8 heteroatoms. The smallest absolute Gasteiger partial charge is 0.327 e. The molecule has 0 aromatic rings. The van der Waals surface area contributed by atoms with Gasteiger partial charge in [0.1, 0.15) is 0 Å². The predicted molar refractivity (Wildman–Crippen MR) is 127 cm³/mol. The Labute approximate surface area is 203 Å². The monoisotopic (exact) mass is 482 g/mol. The van der Waals surface area contributed by atoms with Crippen LogP contribution in [0.15, 0.2) is 11.6 Å². The van der Waals surface area contributed by atoms with Crippen LogP contribution in [0.25, 0.3) is 0 Å². The van der Waals surface area contributed by atoms with E-state index in [2.05, 4.69) is 6.92 Å². The minimum atomic E-state index is -1.70. The van der Waals surface area contributed by atoms with Crippen molar-refractivity contribution in [2.75, 3.05) is 26.4 Å². The molecular weight excluding hydrogens is 440 g/mol. The van der Waals surface area contributed by atoms with E-state index < -0.39 is 34.7 Å². The van der Waals surface area contributed by atoms with Gasteiger partial charge in [-0.15, -0.1) is 0 Å². The number of unbranched alkanes of at least 4 members (excludes halogenated alkanes) is 5. The first kappa shape index (κ1) is 29.7. The first-order chi connectivity index (χ1) is 16.3. The zero-order valence-electron chi connectivity index (χ0n) is 21.5. The standard InChI is InChI=1S/C26H42O8/c1-6-11-12-13-14-15-16-20-19-25(21(27)31-7-2,22(28)32-8-3)17-18-26(20,23(29)33-9-4)24(30)34-10-5/h16H,6-15,17-19H2,1-5H3/b20-16+. The van der Waals surface area contributed by atoms with Gasteiger partial charge in [0.2, 0.25) is 0 Å². The molecule has 0 unspecified atom stereocenters. The van der Waals surface area contributed by atoms with E-state index in [0.29, 0.717) is 12.0 Å². The summed E-state index contributed by atoms with van der Waals surface area (Å²) in [6, 6.07) is 0. The van der Waals surface area contributed by atoms with Gasteiger partial charge in [0.15, 0.2) is 10.8 Å². The Morgan fingerprint density at radius 2 is 1.15 bits per heavy atom. The van der Waals surface area contributed by atoms with Gasteiger partial charge in [-0.2, -0.15) is 0 Å². The van der Waals surface area contributed by atoms with Gasteiger partial charge in [-0.05, 0) is 65.4 Å². The number of allylic oxidation sites excluding steroid dienone is 1. The second-order valence-corrected chi connectivity index (χ2v) is 8.48. The minimum Gasteiger partial charge on any atom is -0.465 e. The predicted octanol–water partition coefficient (Wildman–Crippen LogP) is 4.68. The van der Waals surface area contributed by atoms with Crippen LogP contribution in [0.5, 0.6) is 0 Å². The average molecular weight is 483 g/mol. The van der Waals surface area contributed by atoms with Crippen molar-refractivity contribution in [1.29, 1.82) is 0 Å². The van der Waals surface area contributed by atoms with Crippen molar-refractivity contribution < 1.29 is 38.1 Å². The molecule has 0 aromatic heterocycles. The number of carbonyl (C=O) groups is 4. The lowest BCUT2D eigenvalue weighted by Gasteiger charge is -2.42. The van der Waals surface area contributed by atoms with Crippen LogP contribution in [0.2, 0.25) is 0 Å². The van der Waals surface area contributed by atoms with Crippen LogP contribution in [0.1, 0.15) is 92.4 Å². The van der Waals surface area contributed by atoms with Crippen molar-refractivity contribution in [2.45, 2.75) is 92.4 Å². The van der Waals surface area contributed by atoms with Crippen LogP contribution in [0.4, 0.5) is 0 Å². The van der Waals surface area contributed by atoms with Gasteiger partial charge in [0.25, 0.3) is 0 Å². The van der Waals surface area contributed by atoms with Crippen molar-refractivity contribution >= 4 is 23.9 Å². The third-order valence-electron chi connectivity index (χ3n) is 6.25. The second-order valence-electron chi connectivity index (χ2n) is 8.48. The topological polar surface area (TPSA) is 105 Å². The maximum absolute atomic E-state index is 13.2. The minimum absolute atomic E-state index is 0.0872. The highest BCUT2D eigenvalue weighted by molar-refractivity contribution is 6.06. The van der Waals surface area contributed by atoms with Gasteiger partial charge in [-0.25, -0.2) is 0 Å². The van der Waals surface area contributed by atoms with Crippen molar-refractivity contribution in [3.05, 3.63) is 11.6 Å². The third-order valence-corrected chi connectivity index (χ3v) is 6.25. The molecular formula is C26H42O8. The van der Waals surface area contributed by atoms with Gasteiger partial charge in [0, 0.05) is 0 Å². The summed E-state index contributed by atoms with van der Waals surface area (Å²) >= 11 is 0. The van der Waals surface area contributed by atoms with Crippen LogP contribution in [0.3, 0.4) is 0 Å². The first-order valence-electron chi connectivity index (χ1n) is 12.7. The van der Waals surface area contributed by atoms with Gasteiger partial charge < -0.3 is 18.9 Å². The molecule has 194 valence electrons. The molecule has 34 heavy (non-hydrogen) atoms. The Kier molecular flexibility index (Phi) is 12.9. The Bertz CT molecular complexity index is 688. The summed E-state index contributed by atoms with van der Waals surface area (Å²) in [6.45, 7) is 9.16. The fourth-order valence-electron chi connectivity index (χ4n) is 4.42. The number of hydrogen-bond donors (Lipinski definition) is 0. The van der Waals surface area contributed by atoms with E-state index in [-0.39, 0.29) is 45.7 Å². The Morgan fingerprint density at radius 3 is 1.62 bits per heavy atom. The number of carbonyl (C=O) groups excluding carboxylic acids is 4. The van der Waals surface area contributed by atoms with Gasteiger partial charge >= 0.3 is 23.9 Å². The van der Waals surface area contributed by atoms with Crippen LogP contribution in [-0.2, 0) is 38.1 Å². The quantitative estimate of drug-likeness (QED) is 0.115. The maximum Gasteiger partial charge on any atom is 0.327 e. The number of hydrogen-bond acceptors (Lipinski definition) is 8. The molecule has 0 saturated heterocycles. The molecule has 0 bridgehead atoms. The average Bonchev–Trinajstić information content (AvgIpc) is 2.81. The highest BCUT2D eigenvalue weighted by atomic mass is 16.6. The molecule has 0 aliphatic heterocycles. The lowest BCUT2D eigenvalue weighted by Crippen LogP contribution is -2.53. The Hall–Kier alpha value is -2.38. The third kappa shape index (κ3) is 6.83. The van der Waals surface area contributed by atoms with E-state index in [1.165, 1.54) is 0 Å². The summed E-state index contributed by atoms with van der Waals surface area (Å²) in [5.41, 5.74) is -2.95. The maximum atomic E-state index is 13.2. The summed E-state index contributed by atoms with van der Waals surface area (Å²) in [6.07, 6.45) is 7.28. The van der Waals surface area contributed by atoms with Crippen molar-refractivity contribution in [1.82, 2.24) is 0 Å². The van der Waals surface area contributed by atoms with Gasteiger partial charge in [-0.3, -0.25) is 19.2 Å². The lowest BCUT2D eigenvalue weighted by molar-refractivity contribution is -0.182. The van der Waals surface area contributed by atoms with E-state index in [9.17, 15) is 19.2 Å². The van der Waals surface area contributed by atoms with E-state index in [4.69, 9.17) is 18.9 Å². The van der Waals surface area contributed by atoms with Crippen LogP contribution >= 0.6 is 0 Å². The van der Waals surface area contributed by atoms with Gasteiger partial charge in [0.05, 0.1) is 26.4 Å². The summed E-state index contributed by atoms with van der Waals surface area (Å²) in [7, 11) is 0. The molecule has 0 radical (unpaired) electrons. The number of rotatable bonds is 14. The molecule has 0 aromatic carbocycles. The fourth-order valence-corrected chi connectivity index (χ4v) is 4.42. The molecule has 0 atom stereocenters. The van der Waals surface area contributed by atoms with E-state index in [1.54, 1.807) is 27.7 Å². The van der Waals surface area contributed by atoms with E-state index in [1.807, 2.05) is 6.08 Å². The summed E-state index contributed by atoms with van der Waals surface area (Å²) in [5, 5.41) is 0. The zero-order chi connectivity index (χ0) is 25.6. The van der Waals surface area contributed by atoms with Crippen molar-refractivity contribution in [3.8, 4) is 0 Å². The molecule has 8 nitrogen and oxygen atoms in total. The fraction of sp³-hybridized carbons (Fsp3) is 0.769. The molecule has 1 fully saturated rings. The van der Waals surface area contributed by atoms with E-state index in [0.717, 1.165) is 32.1 Å². The Morgan fingerprint density at radius 1 is 0.676 bits per heavy atom. The van der Waals surface area contributed by atoms with Gasteiger partial charge in [-0.1, -0.05) is 38.7 Å². The van der Waals surface area contributed by atoms with Crippen molar-refractivity contribution in [2.24, 2.45) is 10.8 Å². The SMILES string of the molecule is CCCCCCC/C=C1\CC(C(=O)OCC)(C(=O)OCC)CCC1(C(=O)OCC)C(=O)OCC. The first-order valence-corrected chi connectivity index (χ1v) is 12.7. The number of esters is 4. The molecule has 1 rings (SSSR count). The summed E-state index contributed by atoms with van der Waals surface area (Å²) in [4.78, 5) is 52.6.